The number of anilines is 1. The Bertz CT molecular complexity index is 540. The molecule has 2 amide bonds. The van der Waals surface area contributed by atoms with E-state index in [2.05, 4.69) is 5.32 Å². The zero-order valence-electron chi connectivity index (χ0n) is 11.5. The van der Waals surface area contributed by atoms with Gasteiger partial charge in [-0.15, -0.1) is 12.4 Å². The van der Waals surface area contributed by atoms with E-state index in [1.165, 1.54) is 11.0 Å². The molecule has 124 valence electrons. The zero-order valence-corrected chi connectivity index (χ0v) is 13.1. The molecule has 1 aliphatic heterocycles. The minimum Gasteiger partial charge on any atom is -0.326 e. The van der Waals surface area contributed by atoms with Gasteiger partial charge in [0.2, 0.25) is 0 Å². The van der Waals surface area contributed by atoms with Gasteiger partial charge in [-0.2, -0.15) is 13.2 Å². The van der Waals surface area contributed by atoms with Crippen LogP contribution in [0.2, 0.25) is 5.02 Å². The maximum absolute atomic E-state index is 12.7. The SMILES string of the molecule is Cl.N[C@@H]1CCCN(C(=O)Nc2ccc(Cl)c(C(F)(F)F)c2)C1. The molecular weight excluding hydrogens is 342 g/mol. The number of likely N-dealkylation sites (tertiary alicyclic amines) is 1. The van der Waals surface area contributed by atoms with Crippen molar-refractivity contribution >= 4 is 35.7 Å². The molecule has 3 N–H and O–H groups in total. The zero-order chi connectivity index (χ0) is 15.6. The molecule has 22 heavy (non-hydrogen) atoms. The van der Waals surface area contributed by atoms with Crippen molar-refractivity contribution in [1.82, 2.24) is 4.90 Å². The number of carbonyl (C=O) groups excluding carboxylic acids is 1. The Labute approximate surface area is 137 Å². The summed E-state index contributed by atoms with van der Waals surface area (Å²) in [5.41, 5.74) is 4.85. The van der Waals surface area contributed by atoms with E-state index in [1.807, 2.05) is 0 Å². The van der Waals surface area contributed by atoms with Crippen molar-refractivity contribution in [1.29, 1.82) is 0 Å². The molecule has 9 heteroatoms. The molecule has 1 saturated heterocycles. The molecule has 0 aliphatic carbocycles. The first-order chi connectivity index (χ1) is 9.77. The summed E-state index contributed by atoms with van der Waals surface area (Å²) in [6.45, 7) is 0.935. The topological polar surface area (TPSA) is 58.4 Å². The first kappa shape index (κ1) is 18.9. The number of hydrogen-bond acceptors (Lipinski definition) is 2. The van der Waals surface area contributed by atoms with Gasteiger partial charge < -0.3 is 16.0 Å². The van der Waals surface area contributed by atoms with Crippen LogP contribution < -0.4 is 11.1 Å². The molecule has 1 aromatic rings. The highest BCUT2D eigenvalue weighted by Gasteiger charge is 2.33. The van der Waals surface area contributed by atoms with Crippen LogP contribution in [0.15, 0.2) is 18.2 Å². The number of hydrogen-bond donors (Lipinski definition) is 2. The molecule has 1 atom stereocenters. The molecule has 2 rings (SSSR count). The number of urea groups is 1. The van der Waals surface area contributed by atoms with Crippen molar-refractivity contribution in [3.8, 4) is 0 Å². The lowest BCUT2D eigenvalue weighted by Crippen LogP contribution is -2.47. The number of benzene rings is 1. The van der Waals surface area contributed by atoms with Crippen molar-refractivity contribution in [3.05, 3.63) is 28.8 Å². The Balaban J connectivity index is 0.00000242. The third-order valence-electron chi connectivity index (χ3n) is 3.27. The molecule has 1 aromatic carbocycles. The molecule has 4 nitrogen and oxygen atoms in total. The van der Waals surface area contributed by atoms with Gasteiger partial charge in [0.05, 0.1) is 10.6 Å². The van der Waals surface area contributed by atoms with E-state index in [4.69, 9.17) is 17.3 Å². The third kappa shape index (κ3) is 4.66. The van der Waals surface area contributed by atoms with Crippen LogP contribution in [0.25, 0.3) is 0 Å². The van der Waals surface area contributed by atoms with E-state index < -0.39 is 22.8 Å². The van der Waals surface area contributed by atoms with E-state index in [-0.39, 0.29) is 24.1 Å². The van der Waals surface area contributed by atoms with Gasteiger partial charge in [0.15, 0.2) is 0 Å². The first-order valence-corrected chi connectivity index (χ1v) is 6.83. The molecule has 0 aromatic heterocycles. The number of rotatable bonds is 1. The summed E-state index contributed by atoms with van der Waals surface area (Å²) in [5, 5.41) is 2.04. The number of nitrogens with zero attached hydrogens (tertiary/aromatic N) is 1. The summed E-state index contributed by atoms with van der Waals surface area (Å²) in [7, 11) is 0. The lowest BCUT2D eigenvalue weighted by molar-refractivity contribution is -0.137. The van der Waals surface area contributed by atoms with Crippen LogP contribution in [-0.2, 0) is 6.18 Å². The molecule has 1 heterocycles. The summed E-state index contributed by atoms with van der Waals surface area (Å²) >= 11 is 5.53. The van der Waals surface area contributed by atoms with E-state index in [1.54, 1.807) is 0 Å². The van der Waals surface area contributed by atoms with E-state index in [0.29, 0.717) is 13.1 Å². The monoisotopic (exact) mass is 357 g/mol. The minimum absolute atomic E-state index is 0. The lowest BCUT2D eigenvalue weighted by Gasteiger charge is -2.30. The van der Waals surface area contributed by atoms with Crippen molar-refractivity contribution in [3.63, 3.8) is 0 Å². The molecule has 0 spiro atoms. The Morgan fingerprint density at radius 1 is 1.41 bits per heavy atom. The van der Waals surface area contributed by atoms with Crippen molar-refractivity contribution < 1.29 is 18.0 Å². The second kappa shape index (κ2) is 7.39. The smallest absolute Gasteiger partial charge is 0.326 e. The average Bonchev–Trinajstić information content (AvgIpc) is 2.39. The number of halogens is 5. The van der Waals surface area contributed by atoms with Gasteiger partial charge in [0, 0.05) is 24.8 Å². The minimum atomic E-state index is -4.56. The number of amides is 2. The number of alkyl halides is 3. The van der Waals surface area contributed by atoms with Crippen molar-refractivity contribution in [2.45, 2.75) is 25.1 Å². The Hall–Kier alpha value is -1.18. The highest BCUT2D eigenvalue weighted by molar-refractivity contribution is 6.31. The van der Waals surface area contributed by atoms with Crippen LogP contribution in [-0.4, -0.2) is 30.1 Å². The predicted octanol–water partition coefficient (Wildman–Crippen LogP) is 3.74. The molecular formula is C13H16Cl2F3N3O. The Morgan fingerprint density at radius 3 is 2.68 bits per heavy atom. The highest BCUT2D eigenvalue weighted by atomic mass is 35.5. The Kier molecular flexibility index (Phi) is 6.34. The van der Waals surface area contributed by atoms with Gasteiger partial charge >= 0.3 is 12.2 Å². The maximum Gasteiger partial charge on any atom is 0.417 e. The molecule has 0 unspecified atom stereocenters. The second-order valence-electron chi connectivity index (χ2n) is 4.97. The highest BCUT2D eigenvalue weighted by Crippen LogP contribution is 2.36. The van der Waals surface area contributed by atoms with Gasteiger partial charge in [0.25, 0.3) is 0 Å². The number of nitrogens with one attached hydrogen (secondary N) is 1. The largest absolute Gasteiger partial charge is 0.417 e. The van der Waals surface area contributed by atoms with Crippen LogP contribution in [0.3, 0.4) is 0 Å². The second-order valence-corrected chi connectivity index (χ2v) is 5.38. The molecule has 1 fully saturated rings. The van der Waals surface area contributed by atoms with Gasteiger partial charge in [-0.25, -0.2) is 4.79 Å². The van der Waals surface area contributed by atoms with Crippen LogP contribution in [0.1, 0.15) is 18.4 Å². The van der Waals surface area contributed by atoms with E-state index in [0.717, 1.165) is 25.0 Å². The van der Waals surface area contributed by atoms with Gasteiger partial charge in [-0.05, 0) is 31.0 Å². The van der Waals surface area contributed by atoms with E-state index >= 15 is 0 Å². The summed E-state index contributed by atoms with van der Waals surface area (Å²) in [6, 6.07) is 2.71. The van der Waals surface area contributed by atoms with Crippen LogP contribution in [0.5, 0.6) is 0 Å². The summed E-state index contributed by atoms with van der Waals surface area (Å²) in [4.78, 5) is 13.5. The quantitative estimate of drug-likeness (QED) is 0.804. The van der Waals surface area contributed by atoms with Crippen LogP contribution in [0.4, 0.5) is 23.7 Å². The van der Waals surface area contributed by atoms with E-state index in [9.17, 15) is 18.0 Å². The van der Waals surface area contributed by atoms with Gasteiger partial charge in [0.1, 0.15) is 0 Å². The molecule has 1 aliphatic rings. The summed E-state index contributed by atoms with van der Waals surface area (Å²) in [6.07, 6.45) is -2.95. The lowest BCUT2D eigenvalue weighted by atomic mass is 10.1. The number of nitrogens with two attached hydrogens (primary N) is 1. The first-order valence-electron chi connectivity index (χ1n) is 6.45. The van der Waals surface area contributed by atoms with Gasteiger partial charge in [-0.1, -0.05) is 11.6 Å². The predicted molar refractivity (Wildman–Crippen MR) is 81.5 cm³/mol. The van der Waals surface area contributed by atoms with Crippen LogP contribution in [0, 0.1) is 0 Å². The van der Waals surface area contributed by atoms with Crippen molar-refractivity contribution in [2.75, 3.05) is 18.4 Å². The fourth-order valence-corrected chi connectivity index (χ4v) is 2.44. The number of piperidine rings is 1. The molecule has 0 bridgehead atoms. The normalized spacial score (nSPS) is 18.6. The summed E-state index contributed by atoms with van der Waals surface area (Å²) < 4.78 is 38.2. The van der Waals surface area contributed by atoms with Gasteiger partial charge in [-0.3, -0.25) is 0 Å². The van der Waals surface area contributed by atoms with Crippen LogP contribution >= 0.6 is 24.0 Å². The molecule has 0 saturated carbocycles. The third-order valence-corrected chi connectivity index (χ3v) is 3.60. The Morgan fingerprint density at radius 2 is 2.09 bits per heavy atom. The average molecular weight is 358 g/mol. The fourth-order valence-electron chi connectivity index (χ4n) is 2.22. The summed E-state index contributed by atoms with van der Waals surface area (Å²) in [5.74, 6) is 0. The fraction of sp³-hybridized carbons (Fsp3) is 0.462. The standard InChI is InChI=1S/C13H15ClF3N3O.ClH/c14-11-4-3-9(6-10(11)13(15,16)17)19-12(21)20-5-1-2-8(18)7-20;/h3-4,6,8H,1-2,5,7,18H2,(H,19,21);1H/t8-;/m1./s1. The number of carbonyl (C=O) groups is 1. The molecule has 0 radical (unpaired) electrons. The maximum atomic E-state index is 12.7. The van der Waals surface area contributed by atoms with Crippen molar-refractivity contribution in [2.24, 2.45) is 5.73 Å².